The molecule has 0 aliphatic carbocycles. The molecule has 46 heavy (non-hydrogen) atoms. The second kappa shape index (κ2) is 15.8. The van der Waals surface area contributed by atoms with Crippen LogP contribution < -0.4 is 0 Å². The van der Waals surface area contributed by atoms with Gasteiger partial charge >= 0.3 is 0 Å². The maximum Gasteiger partial charge on any atom is 0.186 e. The van der Waals surface area contributed by atoms with Gasteiger partial charge in [0, 0.05) is 7.11 Å². The van der Waals surface area contributed by atoms with Crippen molar-refractivity contribution in [3.05, 3.63) is 120 Å². The van der Waals surface area contributed by atoms with E-state index in [-0.39, 0.29) is 18.8 Å². The van der Waals surface area contributed by atoms with Crippen LogP contribution in [0.15, 0.2) is 103 Å². The highest BCUT2D eigenvalue weighted by Crippen LogP contribution is 2.34. The molecule has 0 radical (unpaired) electrons. The van der Waals surface area contributed by atoms with Gasteiger partial charge in [0.05, 0.1) is 33.0 Å². The van der Waals surface area contributed by atoms with Gasteiger partial charge in [-0.05, 0) is 36.6 Å². The summed E-state index contributed by atoms with van der Waals surface area (Å²) in [6.45, 7) is 5.52. The third kappa shape index (κ3) is 8.68. The molecule has 246 valence electrons. The summed E-state index contributed by atoms with van der Waals surface area (Å²) in [5.41, 5.74) is 3.11. The molecule has 0 aromatic heterocycles. The number of rotatable bonds is 13. The highest BCUT2D eigenvalue weighted by molar-refractivity contribution is 5.15. The average molecular weight is 633 g/mol. The van der Waals surface area contributed by atoms with Crippen LogP contribution in [0.3, 0.4) is 0 Å². The van der Waals surface area contributed by atoms with Crippen LogP contribution in [-0.2, 0) is 62.5 Å². The normalized spacial score (nSPS) is 30.5. The number of benzene rings is 3. The predicted octanol–water partition coefficient (Wildman–Crippen LogP) is 5.56. The Morgan fingerprint density at radius 2 is 1.28 bits per heavy atom. The van der Waals surface area contributed by atoms with Crippen LogP contribution >= 0.6 is 0 Å². The lowest BCUT2D eigenvalue weighted by Crippen LogP contribution is -2.62. The Morgan fingerprint density at radius 1 is 0.696 bits per heavy atom. The second-order valence-corrected chi connectivity index (χ2v) is 12.1. The van der Waals surface area contributed by atoms with Crippen molar-refractivity contribution in [1.29, 1.82) is 0 Å². The van der Waals surface area contributed by atoms with E-state index >= 15 is 0 Å². The number of methoxy groups -OCH3 is 1. The molecule has 0 N–H and O–H groups in total. The minimum absolute atomic E-state index is 0.235. The minimum Gasteiger partial charge on any atom is -0.374 e. The van der Waals surface area contributed by atoms with Crippen LogP contribution in [0.2, 0.25) is 0 Å². The van der Waals surface area contributed by atoms with Gasteiger partial charge in [-0.1, -0.05) is 97.1 Å². The number of hydrogen-bond donors (Lipinski definition) is 0. The lowest BCUT2D eigenvalue weighted by molar-refractivity contribution is -0.352. The van der Waals surface area contributed by atoms with Crippen LogP contribution in [0, 0.1) is 0 Å². The largest absolute Gasteiger partial charge is 0.374 e. The molecule has 3 aromatic rings. The van der Waals surface area contributed by atoms with E-state index in [0.717, 1.165) is 16.7 Å². The summed E-state index contributed by atoms with van der Waals surface area (Å²) in [5.74, 6) is -0.685. The van der Waals surface area contributed by atoms with E-state index in [4.69, 9.17) is 42.6 Å². The monoisotopic (exact) mass is 632 g/mol. The molecule has 2 saturated heterocycles. The van der Waals surface area contributed by atoms with Gasteiger partial charge in [0.15, 0.2) is 18.4 Å². The summed E-state index contributed by atoms with van der Waals surface area (Å²) >= 11 is 0. The Bertz CT molecular complexity index is 1350. The second-order valence-electron chi connectivity index (χ2n) is 12.1. The van der Waals surface area contributed by atoms with Crippen molar-refractivity contribution in [2.75, 3.05) is 20.3 Å². The summed E-state index contributed by atoms with van der Waals surface area (Å²) in [4.78, 5) is 0. The van der Waals surface area contributed by atoms with Crippen LogP contribution in [-0.4, -0.2) is 75.3 Å². The zero-order valence-electron chi connectivity index (χ0n) is 26.6. The van der Waals surface area contributed by atoms with Gasteiger partial charge in [-0.25, -0.2) is 0 Å². The summed E-state index contributed by atoms with van der Waals surface area (Å²) in [6.07, 6.45) is -0.538. The van der Waals surface area contributed by atoms with Gasteiger partial charge in [-0.3, -0.25) is 0 Å². The maximum absolute atomic E-state index is 6.74. The molecule has 2 fully saturated rings. The van der Waals surface area contributed by atoms with Crippen LogP contribution in [0.1, 0.15) is 30.5 Å². The van der Waals surface area contributed by atoms with Gasteiger partial charge in [-0.2, -0.15) is 0 Å². The van der Waals surface area contributed by atoms with Gasteiger partial charge in [0.2, 0.25) is 0 Å². The van der Waals surface area contributed by atoms with E-state index in [1.165, 1.54) is 0 Å². The van der Waals surface area contributed by atoms with E-state index in [1.54, 1.807) is 7.11 Å². The smallest absolute Gasteiger partial charge is 0.186 e. The van der Waals surface area contributed by atoms with Crippen molar-refractivity contribution in [3.63, 3.8) is 0 Å². The lowest BCUT2D eigenvalue weighted by atomic mass is 9.97. The molecule has 0 amide bonds. The fraction of sp³-hybridized carbons (Fsp3) is 0.459. The third-order valence-corrected chi connectivity index (χ3v) is 8.23. The first kappa shape index (κ1) is 33.0. The fourth-order valence-electron chi connectivity index (χ4n) is 5.88. The van der Waals surface area contributed by atoms with Crippen molar-refractivity contribution < 1.29 is 42.6 Å². The van der Waals surface area contributed by atoms with Gasteiger partial charge < -0.3 is 42.6 Å². The minimum atomic E-state index is -0.732. The quantitative estimate of drug-likeness (QED) is 0.225. The highest BCUT2D eigenvalue weighted by Gasteiger charge is 2.50. The molecule has 3 aromatic carbocycles. The molecule has 3 aliphatic heterocycles. The summed E-state index contributed by atoms with van der Waals surface area (Å²) < 4.78 is 56.9. The summed E-state index contributed by atoms with van der Waals surface area (Å²) in [6, 6.07) is 30.0. The molecular weight excluding hydrogens is 588 g/mol. The van der Waals surface area contributed by atoms with Gasteiger partial charge in [0.1, 0.15) is 36.6 Å². The maximum atomic E-state index is 6.74. The molecule has 8 atom stereocenters. The Kier molecular flexibility index (Phi) is 11.3. The molecule has 3 aliphatic rings. The number of hydrogen-bond acceptors (Lipinski definition) is 9. The molecule has 0 unspecified atom stereocenters. The molecule has 0 saturated carbocycles. The average Bonchev–Trinajstić information content (AvgIpc) is 3.08. The summed E-state index contributed by atoms with van der Waals surface area (Å²) in [5, 5.41) is 0. The van der Waals surface area contributed by atoms with Gasteiger partial charge in [0.25, 0.3) is 0 Å². The summed E-state index contributed by atoms with van der Waals surface area (Å²) in [7, 11) is 1.61. The number of fused-ring (bicyclic) bond motifs is 1. The SMILES string of the molecule is CO[C@H]1O[C@H](COCc2ccccc2)[C@@H](O[C@H]2C=C[C@@H]3OC(C)(C)OC[C@H]3O2)[C@H](OCc2ccccc2)[C@H]1OCc1ccccc1. The highest BCUT2D eigenvalue weighted by atomic mass is 16.8. The first-order valence-corrected chi connectivity index (χ1v) is 15.9. The predicted molar refractivity (Wildman–Crippen MR) is 169 cm³/mol. The Hall–Kier alpha value is -2.96. The Morgan fingerprint density at radius 3 is 1.89 bits per heavy atom. The molecular formula is C37H44O9. The molecule has 0 bridgehead atoms. The molecule has 6 rings (SSSR count). The molecule has 9 nitrogen and oxygen atoms in total. The van der Waals surface area contributed by atoms with Crippen molar-refractivity contribution in [2.45, 2.75) is 88.7 Å². The molecule has 9 heteroatoms. The van der Waals surface area contributed by atoms with Crippen molar-refractivity contribution in [3.8, 4) is 0 Å². The third-order valence-electron chi connectivity index (χ3n) is 8.23. The topological polar surface area (TPSA) is 83.1 Å². The first-order valence-electron chi connectivity index (χ1n) is 15.9. The zero-order chi connectivity index (χ0) is 31.8. The van der Waals surface area contributed by atoms with Gasteiger partial charge in [-0.15, -0.1) is 0 Å². The van der Waals surface area contributed by atoms with E-state index in [2.05, 4.69) is 0 Å². The van der Waals surface area contributed by atoms with Crippen molar-refractivity contribution >= 4 is 0 Å². The standard InChI is InChI=1S/C37H44O9/c1-37(2)42-25-30-29(46-37)19-20-32(43-30)45-33-31(24-39-21-26-13-7-4-8-14-26)44-36(38-3)35(41-23-28-17-11-6-12-18-28)34(33)40-22-27-15-9-5-10-16-27/h4-20,29-36H,21-25H2,1-3H3/t29-,30+,31+,32-,33+,34-,35+,36-/m0/s1. The van der Waals surface area contributed by atoms with Crippen molar-refractivity contribution in [1.82, 2.24) is 0 Å². The van der Waals surface area contributed by atoms with E-state index in [1.807, 2.05) is 117 Å². The molecule has 0 spiro atoms. The Balaban J connectivity index is 1.26. The van der Waals surface area contributed by atoms with Crippen molar-refractivity contribution in [2.24, 2.45) is 0 Å². The van der Waals surface area contributed by atoms with Crippen LogP contribution in [0.25, 0.3) is 0 Å². The molecule has 3 heterocycles. The Labute approximate surface area is 271 Å². The van der Waals surface area contributed by atoms with E-state index in [9.17, 15) is 0 Å². The van der Waals surface area contributed by atoms with Crippen LogP contribution in [0.5, 0.6) is 0 Å². The zero-order valence-corrected chi connectivity index (χ0v) is 26.6. The van der Waals surface area contributed by atoms with E-state index in [0.29, 0.717) is 26.4 Å². The first-order chi connectivity index (χ1) is 22.5. The van der Waals surface area contributed by atoms with Crippen LogP contribution in [0.4, 0.5) is 0 Å². The fourth-order valence-corrected chi connectivity index (χ4v) is 5.88. The number of ether oxygens (including phenoxy) is 9. The van der Waals surface area contributed by atoms with E-state index < -0.39 is 42.8 Å². The lowest BCUT2D eigenvalue weighted by Gasteiger charge is -2.47.